The number of fused-ring (bicyclic) bond motifs is 1. The Balaban J connectivity index is 1.64. The van der Waals surface area contributed by atoms with Crippen LogP contribution in [0.25, 0.3) is 10.9 Å². The van der Waals surface area contributed by atoms with Crippen LogP contribution >= 0.6 is 0 Å². The van der Waals surface area contributed by atoms with E-state index in [4.69, 9.17) is 13.9 Å². The number of hydrogen-bond acceptors (Lipinski definition) is 5. The molecule has 0 saturated carbocycles. The molecule has 1 aliphatic rings. The zero-order valence-corrected chi connectivity index (χ0v) is 16.3. The SMILES string of the molecule is CCOc1ccc2[nH]c(=O)c(CN(Cc3ccco3)C(=O)C3CCCO3)cc2c1. The smallest absolute Gasteiger partial charge is 0.253 e. The molecule has 1 fully saturated rings. The third-order valence-electron chi connectivity index (χ3n) is 5.01. The van der Waals surface area contributed by atoms with E-state index in [1.807, 2.05) is 37.3 Å². The van der Waals surface area contributed by atoms with E-state index < -0.39 is 6.10 Å². The summed E-state index contributed by atoms with van der Waals surface area (Å²) in [4.78, 5) is 30.2. The molecule has 1 amide bonds. The maximum absolute atomic E-state index is 13.0. The van der Waals surface area contributed by atoms with Gasteiger partial charge in [0.2, 0.25) is 0 Å². The first-order valence-corrected chi connectivity index (χ1v) is 9.85. The Hall–Kier alpha value is -3.06. The number of H-pyrrole nitrogens is 1. The maximum Gasteiger partial charge on any atom is 0.253 e. The number of aromatic nitrogens is 1. The lowest BCUT2D eigenvalue weighted by molar-refractivity contribution is -0.142. The highest BCUT2D eigenvalue weighted by Crippen LogP contribution is 2.21. The first-order valence-electron chi connectivity index (χ1n) is 9.85. The van der Waals surface area contributed by atoms with Crippen LogP contribution in [-0.4, -0.2) is 35.1 Å². The number of rotatable bonds is 7. The minimum absolute atomic E-state index is 0.124. The van der Waals surface area contributed by atoms with Gasteiger partial charge < -0.3 is 23.8 Å². The lowest BCUT2D eigenvalue weighted by atomic mass is 10.1. The average molecular weight is 396 g/mol. The van der Waals surface area contributed by atoms with E-state index in [0.717, 1.165) is 23.1 Å². The van der Waals surface area contributed by atoms with Crippen molar-refractivity contribution in [2.24, 2.45) is 0 Å². The number of carbonyl (C=O) groups excluding carboxylic acids is 1. The van der Waals surface area contributed by atoms with Crippen LogP contribution in [0.3, 0.4) is 0 Å². The number of hydrogen-bond donors (Lipinski definition) is 1. The number of amides is 1. The molecule has 1 aromatic carbocycles. The van der Waals surface area contributed by atoms with Crippen molar-refractivity contribution in [2.75, 3.05) is 13.2 Å². The summed E-state index contributed by atoms with van der Waals surface area (Å²) in [6.07, 6.45) is 2.66. The van der Waals surface area contributed by atoms with Gasteiger partial charge in [-0.3, -0.25) is 9.59 Å². The Morgan fingerprint density at radius 3 is 2.90 bits per heavy atom. The normalized spacial score (nSPS) is 16.2. The van der Waals surface area contributed by atoms with Crippen LogP contribution in [0, 0.1) is 0 Å². The van der Waals surface area contributed by atoms with Gasteiger partial charge in [-0.2, -0.15) is 0 Å². The molecule has 3 aromatic rings. The molecule has 7 nitrogen and oxygen atoms in total. The fourth-order valence-corrected chi connectivity index (χ4v) is 3.59. The molecular formula is C22H24N2O5. The van der Waals surface area contributed by atoms with Crippen LogP contribution in [-0.2, 0) is 22.6 Å². The second-order valence-corrected chi connectivity index (χ2v) is 7.08. The first kappa shape index (κ1) is 19.3. The summed E-state index contributed by atoms with van der Waals surface area (Å²) in [5.41, 5.74) is 1.01. The van der Waals surface area contributed by atoms with Crippen molar-refractivity contribution in [2.45, 2.75) is 39.0 Å². The van der Waals surface area contributed by atoms with E-state index in [-0.39, 0.29) is 24.6 Å². The molecule has 0 bridgehead atoms. The predicted molar refractivity (Wildman–Crippen MR) is 108 cm³/mol. The molecule has 2 aromatic heterocycles. The molecule has 1 N–H and O–H groups in total. The largest absolute Gasteiger partial charge is 0.494 e. The Morgan fingerprint density at radius 1 is 1.28 bits per heavy atom. The molecule has 0 aliphatic carbocycles. The topological polar surface area (TPSA) is 84.8 Å². The van der Waals surface area contributed by atoms with Crippen molar-refractivity contribution in [3.05, 3.63) is 64.3 Å². The number of aromatic amines is 1. The van der Waals surface area contributed by atoms with Gasteiger partial charge >= 0.3 is 0 Å². The Bertz CT molecular complexity index is 1040. The minimum Gasteiger partial charge on any atom is -0.494 e. The fourth-order valence-electron chi connectivity index (χ4n) is 3.59. The predicted octanol–water partition coefficient (Wildman–Crippen LogP) is 3.23. The third kappa shape index (κ3) is 4.35. The quantitative estimate of drug-likeness (QED) is 0.663. The minimum atomic E-state index is -0.464. The van der Waals surface area contributed by atoms with E-state index in [1.165, 1.54) is 0 Å². The summed E-state index contributed by atoms with van der Waals surface area (Å²) in [5.74, 6) is 1.27. The van der Waals surface area contributed by atoms with Gasteiger partial charge in [0.15, 0.2) is 0 Å². The van der Waals surface area contributed by atoms with Crippen LogP contribution in [0.5, 0.6) is 5.75 Å². The zero-order valence-electron chi connectivity index (χ0n) is 16.3. The summed E-state index contributed by atoms with van der Waals surface area (Å²) >= 11 is 0. The summed E-state index contributed by atoms with van der Waals surface area (Å²) in [7, 11) is 0. The zero-order chi connectivity index (χ0) is 20.2. The lowest BCUT2D eigenvalue weighted by Gasteiger charge is -2.24. The molecular weight excluding hydrogens is 372 g/mol. The molecule has 152 valence electrons. The second-order valence-electron chi connectivity index (χ2n) is 7.08. The summed E-state index contributed by atoms with van der Waals surface area (Å²) in [6, 6.07) is 10.9. The number of benzene rings is 1. The Kier molecular flexibility index (Phi) is 5.67. The van der Waals surface area contributed by atoms with Gasteiger partial charge in [0.25, 0.3) is 11.5 Å². The molecule has 4 rings (SSSR count). The van der Waals surface area contributed by atoms with Gasteiger partial charge in [-0.05, 0) is 56.2 Å². The monoisotopic (exact) mass is 396 g/mol. The summed E-state index contributed by atoms with van der Waals surface area (Å²) in [5, 5.41) is 0.855. The van der Waals surface area contributed by atoms with E-state index in [2.05, 4.69) is 4.98 Å². The van der Waals surface area contributed by atoms with Crippen molar-refractivity contribution in [1.29, 1.82) is 0 Å². The van der Waals surface area contributed by atoms with E-state index >= 15 is 0 Å². The van der Waals surface area contributed by atoms with Gasteiger partial charge in [0.05, 0.1) is 26.0 Å². The molecule has 29 heavy (non-hydrogen) atoms. The second kappa shape index (κ2) is 8.53. The highest BCUT2D eigenvalue weighted by Gasteiger charge is 2.29. The van der Waals surface area contributed by atoms with Gasteiger partial charge in [0.1, 0.15) is 17.6 Å². The molecule has 0 radical (unpaired) electrons. The van der Waals surface area contributed by atoms with Crippen molar-refractivity contribution < 1.29 is 18.7 Å². The maximum atomic E-state index is 13.0. The number of nitrogens with one attached hydrogen (secondary N) is 1. The van der Waals surface area contributed by atoms with Crippen LogP contribution < -0.4 is 10.3 Å². The number of carbonyl (C=O) groups is 1. The average Bonchev–Trinajstić information content (AvgIpc) is 3.42. The number of furan rings is 1. The van der Waals surface area contributed by atoms with E-state index in [0.29, 0.717) is 31.0 Å². The van der Waals surface area contributed by atoms with Crippen LogP contribution in [0.2, 0.25) is 0 Å². The molecule has 1 atom stereocenters. The highest BCUT2D eigenvalue weighted by molar-refractivity contribution is 5.82. The molecule has 1 unspecified atom stereocenters. The van der Waals surface area contributed by atoms with Crippen molar-refractivity contribution in [3.63, 3.8) is 0 Å². The van der Waals surface area contributed by atoms with Gasteiger partial charge in [0, 0.05) is 23.1 Å². The van der Waals surface area contributed by atoms with Gasteiger partial charge in [-0.15, -0.1) is 0 Å². The van der Waals surface area contributed by atoms with Crippen LogP contribution in [0.1, 0.15) is 31.1 Å². The molecule has 3 heterocycles. The highest BCUT2D eigenvalue weighted by atomic mass is 16.5. The third-order valence-corrected chi connectivity index (χ3v) is 5.01. The Labute approximate surface area is 168 Å². The fraction of sp³-hybridized carbons (Fsp3) is 0.364. The molecule has 0 spiro atoms. The Morgan fingerprint density at radius 2 is 2.17 bits per heavy atom. The molecule has 1 aliphatic heterocycles. The number of ether oxygens (including phenoxy) is 2. The summed E-state index contributed by atoms with van der Waals surface area (Å²) < 4.78 is 16.5. The van der Waals surface area contributed by atoms with Crippen LogP contribution in [0.4, 0.5) is 0 Å². The number of nitrogens with zero attached hydrogens (tertiary/aromatic N) is 1. The lowest BCUT2D eigenvalue weighted by Crippen LogP contribution is -2.39. The molecule has 1 saturated heterocycles. The van der Waals surface area contributed by atoms with Gasteiger partial charge in [-0.1, -0.05) is 0 Å². The van der Waals surface area contributed by atoms with E-state index in [9.17, 15) is 9.59 Å². The molecule has 7 heteroatoms. The van der Waals surface area contributed by atoms with Crippen molar-refractivity contribution in [3.8, 4) is 5.75 Å². The number of pyridine rings is 1. The van der Waals surface area contributed by atoms with Crippen molar-refractivity contribution >= 4 is 16.8 Å². The standard InChI is InChI=1S/C22H24N2O5/c1-2-27-17-7-8-19-15(12-17)11-16(21(25)23-19)13-24(14-18-5-3-9-28-18)22(26)20-6-4-10-29-20/h3,5,7-9,11-12,20H,2,4,6,10,13-14H2,1H3,(H,23,25). The van der Waals surface area contributed by atoms with Crippen molar-refractivity contribution in [1.82, 2.24) is 9.88 Å². The van der Waals surface area contributed by atoms with Crippen LogP contribution in [0.15, 0.2) is 51.9 Å². The first-order chi connectivity index (χ1) is 14.1. The van der Waals surface area contributed by atoms with Gasteiger partial charge in [-0.25, -0.2) is 0 Å². The van der Waals surface area contributed by atoms with E-state index in [1.54, 1.807) is 17.2 Å². The summed E-state index contributed by atoms with van der Waals surface area (Å²) in [6.45, 7) is 3.52.